The molecule has 10 heteroatoms. The van der Waals surface area contributed by atoms with Crippen molar-refractivity contribution in [1.29, 1.82) is 0 Å². The van der Waals surface area contributed by atoms with E-state index in [1.54, 1.807) is 19.1 Å². The summed E-state index contributed by atoms with van der Waals surface area (Å²) in [7, 11) is -4.19. The van der Waals surface area contributed by atoms with Gasteiger partial charge in [0.1, 0.15) is 12.6 Å². The smallest absolute Gasteiger partial charge is 0.264 e. The number of nitrogens with zero attached hydrogens (tertiary/aromatic N) is 2. The highest BCUT2D eigenvalue weighted by atomic mass is 35.5. The summed E-state index contributed by atoms with van der Waals surface area (Å²) in [6, 6.07) is 17.7. The molecule has 0 spiro atoms. The molecule has 1 unspecified atom stereocenters. The number of amides is 2. The zero-order valence-electron chi connectivity index (χ0n) is 24.1. The Bertz CT molecular complexity index is 1520. The lowest BCUT2D eigenvalue weighted by Gasteiger charge is -2.33. The first kappa shape index (κ1) is 31.9. The number of carbonyl (C=O) groups excluding carboxylic acids is 2. The number of halogens is 2. The molecule has 1 N–H and O–H groups in total. The Morgan fingerprint density at radius 2 is 1.60 bits per heavy atom. The average Bonchev–Trinajstić information content (AvgIpc) is 2.96. The minimum atomic E-state index is -4.19. The van der Waals surface area contributed by atoms with Gasteiger partial charge in [-0.25, -0.2) is 8.42 Å². The third-order valence-electron chi connectivity index (χ3n) is 7.63. The van der Waals surface area contributed by atoms with E-state index in [9.17, 15) is 18.0 Å². The molecular formula is C32H37Cl2N3O4S. The molecule has 1 aliphatic carbocycles. The Kier molecular flexibility index (Phi) is 10.6. The SMILES string of the molecule is Cc1ccc(S(=O)(=O)N(CC(=O)N(Cc2cccc(C)c2)C(C)C(=O)NC2CCCCC2)c2ccc(Cl)c(Cl)c2)cc1. The van der Waals surface area contributed by atoms with Crippen molar-refractivity contribution in [2.24, 2.45) is 0 Å². The second-order valence-corrected chi connectivity index (χ2v) is 13.6. The molecule has 1 aliphatic rings. The maximum absolute atomic E-state index is 14.1. The van der Waals surface area contributed by atoms with Crippen LogP contribution in [0.4, 0.5) is 5.69 Å². The first-order valence-corrected chi connectivity index (χ1v) is 16.3. The van der Waals surface area contributed by atoms with Gasteiger partial charge < -0.3 is 10.2 Å². The summed E-state index contributed by atoms with van der Waals surface area (Å²) in [5.74, 6) is -0.782. The monoisotopic (exact) mass is 629 g/mol. The van der Waals surface area contributed by atoms with E-state index >= 15 is 0 Å². The van der Waals surface area contributed by atoms with Crippen LogP contribution in [0.1, 0.15) is 55.7 Å². The van der Waals surface area contributed by atoms with Crippen molar-refractivity contribution in [3.05, 3.63) is 93.5 Å². The van der Waals surface area contributed by atoms with Crippen LogP contribution in [0.15, 0.2) is 71.6 Å². The van der Waals surface area contributed by atoms with Gasteiger partial charge in [0.2, 0.25) is 11.8 Å². The van der Waals surface area contributed by atoms with Crippen molar-refractivity contribution >= 4 is 50.7 Å². The maximum atomic E-state index is 14.1. The van der Waals surface area contributed by atoms with Crippen molar-refractivity contribution in [3.8, 4) is 0 Å². The van der Waals surface area contributed by atoms with Gasteiger partial charge in [-0.2, -0.15) is 0 Å². The number of rotatable bonds is 10. The first-order chi connectivity index (χ1) is 20.0. The summed E-state index contributed by atoms with van der Waals surface area (Å²) in [5.41, 5.74) is 2.93. The van der Waals surface area contributed by atoms with Gasteiger partial charge in [0.15, 0.2) is 0 Å². The fourth-order valence-electron chi connectivity index (χ4n) is 5.16. The lowest BCUT2D eigenvalue weighted by atomic mass is 9.95. The first-order valence-electron chi connectivity index (χ1n) is 14.2. The van der Waals surface area contributed by atoms with Crippen LogP contribution < -0.4 is 9.62 Å². The summed E-state index contributed by atoms with van der Waals surface area (Å²) in [5, 5.41) is 3.53. The molecule has 0 aliphatic heterocycles. The van der Waals surface area contributed by atoms with Crippen LogP contribution in [-0.2, 0) is 26.2 Å². The standard InChI is InChI=1S/C32H37Cl2N3O4S/c1-22-12-15-28(16-13-22)42(40,41)37(27-14-17-29(33)30(34)19-27)21-31(38)36(20-25-9-7-8-23(2)18-25)24(3)32(39)35-26-10-5-4-6-11-26/h7-9,12-19,24,26H,4-6,10-11,20-21H2,1-3H3,(H,35,39). The molecule has 0 aromatic heterocycles. The molecule has 224 valence electrons. The fraction of sp³-hybridized carbons (Fsp3) is 0.375. The summed E-state index contributed by atoms with van der Waals surface area (Å²) < 4.78 is 29.0. The molecule has 0 heterocycles. The summed E-state index contributed by atoms with van der Waals surface area (Å²) >= 11 is 12.4. The molecular weight excluding hydrogens is 593 g/mol. The number of hydrogen-bond donors (Lipinski definition) is 1. The molecule has 0 saturated heterocycles. The van der Waals surface area contributed by atoms with Gasteiger partial charge in [0.25, 0.3) is 10.0 Å². The predicted molar refractivity (Wildman–Crippen MR) is 168 cm³/mol. The Hall–Kier alpha value is -3.07. The Balaban J connectivity index is 1.69. The zero-order chi connectivity index (χ0) is 30.4. The number of hydrogen-bond acceptors (Lipinski definition) is 4. The van der Waals surface area contributed by atoms with Crippen molar-refractivity contribution in [3.63, 3.8) is 0 Å². The van der Waals surface area contributed by atoms with Gasteiger partial charge in [-0.15, -0.1) is 0 Å². The number of nitrogens with one attached hydrogen (secondary N) is 1. The second kappa shape index (κ2) is 13.9. The minimum Gasteiger partial charge on any atom is -0.352 e. The molecule has 4 rings (SSSR count). The van der Waals surface area contributed by atoms with Crippen LogP contribution in [0.25, 0.3) is 0 Å². The molecule has 1 fully saturated rings. The fourth-order valence-corrected chi connectivity index (χ4v) is 6.86. The van der Waals surface area contributed by atoms with E-state index in [0.717, 1.165) is 53.1 Å². The quantitative estimate of drug-likeness (QED) is 0.271. The van der Waals surface area contributed by atoms with E-state index in [1.165, 1.54) is 35.2 Å². The average molecular weight is 631 g/mol. The summed E-state index contributed by atoms with van der Waals surface area (Å²) in [6.45, 7) is 5.10. The van der Waals surface area contributed by atoms with Crippen LogP contribution in [0, 0.1) is 13.8 Å². The van der Waals surface area contributed by atoms with E-state index in [0.29, 0.717) is 0 Å². The van der Waals surface area contributed by atoms with Crippen molar-refractivity contribution in [2.45, 2.75) is 76.4 Å². The lowest BCUT2D eigenvalue weighted by Crippen LogP contribution is -2.53. The highest BCUT2D eigenvalue weighted by molar-refractivity contribution is 7.92. The van der Waals surface area contributed by atoms with Crippen LogP contribution in [0.2, 0.25) is 10.0 Å². The van der Waals surface area contributed by atoms with E-state index in [-0.39, 0.29) is 39.1 Å². The number of anilines is 1. The topological polar surface area (TPSA) is 86.8 Å². The molecule has 42 heavy (non-hydrogen) atoms. The number of carbonyl (C=O) groups is 2. The van der Waals surface area contributed by atoms with Crippen LogP contribution in [0.3, 0.4) is 0 Å². The molecule has 7 nitrogen and oxygen atoms in total. The largest absolute Gasteiger partial charge is 0.352 e. The van der Waals surface area contributed by atoms with Gasteiger partial charge >= 0.3 is 0 Å². The van der Waals surface area contributed by atoms with Gasteiger partial charge in [0, 0.05) is 12.6 Å². The highest BCUT2D eigenvalue weighted by Gasteiger charge is 2.33. The predicted octanol–water partition coefficient (Wildman–Crippen LogP) is 6.67. The van der Waals surface area contributed by atoms with Gasteiger partial charge in [-0.3, -0.25) is 13.9 Å². The van der Waals surface area contributed by atoms with Crippen LogP contribution in [-0.4, -0.2) is 43.8 Å². The third-order valence-corrected chi connectivity index (χ3v) is 10.2. The molecule has 1 saturated carbocycles. The second-order valence-electron chi connectivity index (χ2n) is 11.0. The molecule has 3 aromatic carbocycles. The molecule has 3 aromatic rings. The van der Waals surface area contributed by atoms with Gasteiger partial charge in [0.05, 0.1) is 20.6 Å². The van der Waals surface area contributed by atoms with E-state index in [4.69, 9.17) is 23.2 Å². The minimum absolute atomic E-state index is 0.0281. The Morgan fingerprint density at radius 1 is 0.905 bits per heavy atom. The number of sulfonamides is 1. The van der Waals surface area contributed by atoms with E-state index in [1.807, 2.05) is 38.1 Å². The summed E-state index contributed by atoms with van der Waals surface area (Å²) in [4.78, 5) is 29.0. The number of benzene rings is 3. The number of aryl methyl sites for hydroxylation is 2. The van der Waals surface area contributed by atoms with Crippen molar-refractivity contribution in [2.75, 3.05) is 10.8 Å². The van der Waals surface area contributed by atoms with Crippen LogP contribution >= 0.6 is 23.2 Å². The van der Waals surface area contributed by atoms with E-state index in [2.05, 4.69) is 5.32 Å². The zero-order valence-corrected chi connectivity index (χ0v) is 26.5. The Morgan fingerprint density at radius 3 is 2.24 bits per heavy atom. The molecule has 0 bridgehead atoms. The molecule has 2 amide bonds. The van der Waals surface area contributed by atoms with Gasteiger partial charge in [-0.05, 0) is 69.5 Å². The molecule has 1 atom stereocenters. The summed E-state index contributed by atoms with van der Waals surface area (Å²) in [6.07, 6.45) is 5.08. The van der Waals surface area contributed by atoms with Crippen LogP contribution in [0.5, 0.6) is 0 Å². The normalized spacial score (nSPS) is 14.7. The lowest BCUT2D eigenvalue weighted by molar-refractivity contribution is -0.139. The molecule has 0 radical (unpaired) electrons. The van der Waals surface area contributed by atoms with Crippen molar-refractivity contribution in [1.82, 2.24) is 10.2 Å². The van der Waals surface area contributed by atoms with E-state index < -0.39 is 28.5 Å². The maximum Gasteiger partial charge on any atom is 0.264 e. The highest BCUT2D eigenvalue weighted by Crippen LogP contribution is 2.31. The van der Waals surface area contributed by atoms with Gasteiger partial charge in [-0.1, -0.05) is 90.0 Å². The Labute approximate surface area is 258 Å². The van der Waals surface area contributed by atoms with Crippen molar-refractivity contribution < 1.29 is 18.0 Å². The third kappa shape index (κ3) is 7.85.